The summed E-state index contributed by atoms with van der Waals surface area (Å²) < 4.78 is 6.56. The summed E-state index contributed by atoms with van der Waals surface area (Å²) in [5, 5.41) is 33.8. The van der Waals surface area contributed by atoms with Crippen LogP contribution in [0.3, 0.4) is 0 Å². The molecule has 3 N–H and O–H groups in total. The molecule has 5 rings (SSSR count). The average Bonchev–Trinajstić information content (AvgIpc) is 3.26. The van der Waals surface area contributed by atoms with Crippen molar-refractivity contribution in [2.45, 2.75) is 142 Å². The van der Waals surface area contributed by atoms with Gasteiger partial charge in [0, 0.05) is 0 Å². The van der Waals surface area contributed by atoms with Crippen LogP contribution in [0.15, 0.2) is 0 Å². The molecule has 0 aromatic heterocycles. The van der Waals surface area contributed by atoms with Crippen LogP contribution in [0.1, 0.15) is 113 Å². The minimum absolute atomic E-state index is 0.00961. The van der Waals surface area contributed by atoms with E-state index >= 15 is 0 Å². The van der Waals surface area contributed by atoms with Gasteiger partial charge in [-0.15, -0.1) is 0 Å². The van der Waals surface area contributed by atoms with E-state index in [1.165, 1.54) is 19.3 Å². The largest absolute Gasteiger partial charge is 0.393 e. The van der Waals surface area contributed by atoms with E-state index in [4.69, 9.17) is 4.74 Å². The lowest BCUT2D eigenvalue weighted by Gasteiger charge is -2.66. The highest BCUT2D eigenvalue weighted by Gasteiger charge is 2.72. The standard InChI is InChI=1S/C29H50O4/c1-24(2)19-12-14-26(5)20(18(19)8-11-22(24)30)9-10-21-27(26,6)16-17-29(21,32)28(7)15-13-23(33-28)25(3,4)31/h18-23,30-32H,8-17H2,1-7H3/t18?,19?,20?,21?,22-,23?,26-,27-,28+,29-/m1/s1. The fraction of sp³-hybridized carbons (Fsp3) is 1.00. The van der Waals surface area contributed by atoms with Crippen LogP contribution < -0.4 is 0 Å². The van der Waals surface area contributed by atoms with Crippen molar-refractivity contribution < 1.29 is 20.1 Å². The highest BCUT2D eigenvalue weighted by Crippen LogP contribution is 2.74. The predicted octanol–water partition coefficient (Wildman–Crippen LogP) is 5.47. The highest BCUT2D eigenvalue weighted by atomic mass is 16.5. The lowest BCUT2D eigenvalue weighted by atomic mass is 9.39. The summed E-state index contributed by atoms with van der Waals surface area (Å²) in [6.45, 7) is 15.4. The van der Waals surface area contributed by atoms with Gasteiger partial charge in [-0.1, -0.05) is 27.7 Å². The molecular formula is C29H50O4. The number of rotatable bonds is 2. The monoisotopic (exact) mass is 462 g/mol. The molecule has 1 heterocycles. The molecule has 4 heteroatoms. The molecule has 1 aliphatic heterocycles. The van der Waals surface area contributed by atoms with Crippen molar-refractivity contribution in [2.75, 3.05) is 0 Å². The summed E-state index contributed by atoms with van der Waals surface area (Å²) in [6.07, 6.45) is 9.91. The first-order valence-electron chi connectivity index (χ1n) is 13.9. The van der Waals surface area contributed by atoms with Crippen molar-refractivity contribution in [3.05, 3.63) is 0 Å². The Labute approximate surface area is 201 Å². The topological polar surface area (TPSA) is 69.9 Å². The van der Waals surface area contributed by atoms with Crippen LogP contribution in [-0.4, -0.2) is 44.3 Å². The lowest BCUT2D eigenvalue weighted by Crippen LogP contribution is -2.64. The predicted molar refractivity (Wildman–Crippen MR) is 131 cm³/mol. The van der Waals surface area contributed by atoms with E-state index in [0.29, 0.717) is 17.8 Å². The molecule has 190 valence electrons. The summed E-state index contributed by atoms with van der Waals surface area (Å²) in [5.41, 5.74) is -1.95. The zero-order valence-corrected chi connectivity index (χ0v) is 22.3. The Morgan fingerprint density at radius 3 is 2.09 bits per heavy atom. The van der Waals surface area contributed by atoms with Gasteiger partial charge >= 0.3 is 0 Å². The summed E-state index contributed by atoms with van der Waals surface area (Å²) in [7, 11) is 0. The van der Waals surface area contributed by atoms with Crippen molar-refractivity contribution in [3.8, 4) is 0 Å². The normalized spacial score (nSPS) is 56.2. The lowest BCUT2D eigenvalue weighted by molar-refractivity contribution is -0.240. The molecule has 0 aromatic rings. The number of hydrogen-bond acceptors (Lipinski definition) is 4. The van der Waals surface area contributed by atoms with Crippen molar-refractivity contribution in [2.24, 2.45) is 39.9 Å². The van der Waals surface area contributed by atoms with Gasteiger partial charge in [-0.3, -0.25) is 0 Å². The molecule has 0 spiro atoms. The Morgan fingerprint density at radius 2 is 1.45 bits per heavy atom. The molecule has 5 fully saturated rings. The fourth-order valence-corrected chi connectivity index (χ4v) is 10.3. The van der Waals surface area contributed by atoms with E-state index in [-0.39, 0.29) is 34.4 Å². The second-order valence-electron chi connectivity index (χ2n) is 14.7. The van der Waals surface area contributed by atoms with Gasteiger partial charge in [-0.25, -0.2) is 0 Å². The van der Waals surface area contributed by atoms with E-state index < -0.39 is 16.8 Å². The smallest absolute Gasteiger partial charge is 0.0967 e. The zero-order valence-electron chi connectivity index (χ0n) is 22.3. The minimum Gasteiger partial charge on any atom is -0.393 e. The molecule has 5 unspecified atom stereocenters. The Kier molecular flexibility index (Phi) is 5.35. The first kappa shape index (κ1) is 24.5. The molecule has 10 atom stereocenters. The van der Waals surface area contributed by atoms with Gasteiger partial charge in [0.05, 0.1) is 29.0 Å². The third-order valence-electron chi connectivity index (χ3n) is 12.8. The van der Waals surface area contributed by atoms with Gasteiger partial charge in [-0.2, -0.15) is 0 Å². The maximum Gasteiger partial charge on any atom is 0.0967 e. The SMILES string of the molecule is CC(C)(O)C1CC[C@@](C)([C@@]2(O)CC[C@]3(C)C2CCC2C4CC[C@@H](O)C(C)(C)C4CC[C@]23C)O1. The van der Waals surface area contributed by atoms with E-state index in [1.807, 2.05) is 13.8 Å². The van der Waals surface area contributed by atoms with E-state index in [9.17, 15) is 15.3 Å². The van der Waals surface area contributed by atoms with Crippen LogP contribution >= 0.6 is 0 Å². The Bertz CT molecular complexity index is 787. The van der Waals surface area contributed by atoms with Gasteiger partial charge in [0.25, 0.3) is 0 Å². The molecular weight excluding hydrogens is 412 g/mol. The van der Waals surface area contributed by atoms with Crippen LogP contribution in [0.25, 0.3) is 0 Å². The van der Waals surface area contributed by atoms with Crippen LogP contribution in [0.5, 0.6) is 0 Å². The zero-order chi connectivity index (χ0) is 24.2. The molecule has 5 aliphatic rings. The Morgan fingerprint density at radius 1 is 0.758 bits per heavy atom. The summed E-state index contributed by atoms with van der Waals surface area (Å²) in [4.78, 5) is 0. The molecule has 4 nitrogen and oxygen atoms in total. The van der Waals surface area contributed by atoms with Crippen LogP contribution in [0.2, 0.25) is 0 Å². The molecule has 1 saturated heterocycles. The first-order chi connectivity index (χ1) is 15.1. The van der Waals surface area contributed by atoms with Gasteiger partial charge in [0.2, 0.25) is 0 Å². The minimum atomic E-state index is -0.879. The highest BCUT2D eigenvalue weighted by molar-refractivity contribution is 5.21. The third kappa shape index (κ3) is 3.09. The molecule has 0 aromatic carbocycles. The van der Waals surface area contributed by atoms with E-state index in [2.05, 4.69) is 34.6 Å². The molecule has 0 bridgehead atoms. The van der Waals surface area contributed by atoms with Crippen molar-refractivity contribution in [1.29, 1.82) is 0 Å². The van der Waals surface area contributed by atoms with Gasteiger partial charge in [-0.05, 0) is 125 Å². The number of fused-ring (bicyclic) bond motifs is 5. The van der Waals surface area contributed by atoms with Gasteiger partial charge < -0.3 is 20.1 Å². The second kappa shape index (κ2) is 7.20. The van der Waals surface area contributed by atoms with Crippen LogP contribution in [-0.2, 0) is 4.74 Å². The number of aliphatic hydroxyl groups excluding tert-OH is 1. The maximum absolute atomic E-state index is 12.4. The molecule has 0 radical (unpaired) electrons. The maximum atomic E-state index is 12.4. The van der Waals surface area contributed by atoms with Crippen molar-refractivity contribution in [3.63, 3.8) is 0 Å². The van der Waals surface area contributed by atoms with Crippen LogP contribution in [0.4, 0.5) is 0 Å². The molecule has 4 aliphatic carbocycles. The van der Waals surface area contributed by atoms with Gasteiger partial charge in [0.1, 0.15) is 0 Å². The van der Waals surface area contributed by atoms with Crippen molar-refractivity contribution >= 4 is 0 Å². The Balaban J connectivity index is 1.45. The van der Waals surface area contributed by atoms with E-state index in [1.54, 1.807) is 0 Å². The molecule has 33 heavy (non-hydrogen) atoms. The molecule has 4 saturated carbocycles. The number of hydrogen-bond donors (Lipinski definition) is 3. The summed E-state index contributed by atoms with van der Waals surface area (Å²) >= 11 is 0. The van der Waals surface area contributed by atoms with Crippen molar-refractivity contribution in [1.82, 2.24) is 0 Å². The number of aliphatic hydroxyl groups is 3. The average molecular weight is 463 g/mol. The summed E-state index contributed by atoms with van der Waals surface area (Å²) in [6, 6.07) is 0. The Hall–Kier alpha value is -0.160. The molecule has 0 amide bonds. The number of ether oxygens (including phenoxy) is 1. The summed E-state index contributed by atoms with van der Waals surface area (Å²) in [5.74, 6) is 2.25. The van der Waals surface area contributed by atoms with E-state index in [0.717, 1.165) is 44.9 Å². The van der Waals surface area contributed by atoms with Crippen LogP contribution in [0, 0.1) is 39.9 Å². The fourth-order valence-electron chi connectivity index (χ4n) is 10.3. The first-order valence-corrected chi connectivity index (χ1v) is 13.9. The third-order valence-corrected chi connectivity index (χ3v) is 12.8. The quantitative estimate of drug-likeness (QED) is 0.509. The van der Waals surface area contributed by atoms with Gasteiger partial charge in [0.15, 0.2) is 0 Å². The second-order valence-corrected chi connectivity index (χ2v) is 14.7.